The minimum atomic E-state index is 0.503. The van der Waals surface area contributed by atoms with Crippen molar-refractivity contribution in [3.05, 3.63) is 35.2 Å². The third-order valence-electron chi connectivity index (χ3n) is 3.65. The van der Waals surface area contributed by atoms with Crippen LogP contribution in [0.1, 0.15) is 18.4 Å². The molecule has 0 amide bonds. The molecular formula is C16H21N5OS. The molecule has 3 rings (SSSR count). The number of hydrazone groups is 1. The first-order valence-corrected chi connectivity index (χ1v) is 8.63. The van der Waals surface area contributed by atoms with Crippen LogP contribution in [-0.2, 0) is 0 Å². The lowest BCUT2D eigenvalue weighted by Gasteiger charge is -2.14. The Bertz CT molecular complexity index is 634. The lowest BCUT2D eigenvalue weighted by molar-refractivity contribution is 0.238. The quantitative estimate of drug-likeness (QED) is 0.602. The maximum Gasteiger partial charge on any atom is 0.205 e. The molecule has 1 fully saturated rings. The second kappa shape index (κ2) is 7.94. The molecule has 2 aromatic rings. The molecule has 0 aliphatic carbocycles. The Balaban J connectivity index is 1.42. The van der Waals surface area contributed by atoms with E-state index < -0.39 is 0 Å². The summed E-state index contributed by atoms with van der Waals surface area (Å²) in [6, 6.07) is 7.89. The van der Waals surface area contributed by atoms with Gasteiger partial charge in [-0.2, -0.15) is 5.10 Å². The Morgan fingerprint density at radius 2 is 2.09 bits per heavy atom. The van der Waals surface area contributed by atoms with Crippen molar-refractivity contribution in [3.63, 3.8) is 0 Å². The van der Waals surface area contributed by atoms with Crippen LogP contribution < -0.4 is 15.9 Å². The first kappa shape index (κ1) is 15.8. The lowest BCUT2D eigenvalue weighted by atomic mass is 10.2. The van der Waals surface area contributed by atoms with Gasteiger partial charge in [0.2, 0.25) is 5.13 Å². The zero-order valence-corrected chi connectivity index (χ0v) is 13.8. The van der Waals surface area contributed by atoms with Crippen LogP contribution in [0, 0.1) is 0 Å². The summed E-state index contributed by atoms with van der Waals surface area (Å²) < 4.78 is 5.78. The molecule has 6 nitrogen and oxygen atoms in total. The van der Waals surface area contributed by atoms with E-state index in [1.54, 1.807) is 11.6 Å². The van der Waals surface area contributed by atoms with Crippen molar-refractivity contribution >= 4 is 28.5 Å². The highest BCUT2D eigenvalue weighted by Crippen LogP contribution is 2.16. The minimum Gasteiger partial charge on any atom is -0.492 e. The molecule has 0 atom stereocenters. The molecule has 1 aromatic heterocycles. The summed E-state index contributed by atoms with van der Waals surface area (Å²) in [6.07, 6.45) is 4.37. The Morgan fingerprint density at radius 1 is 1.30 bits per heavy atom. The summed E-state index contributed by atoms with van der Waals surface area (Å²) in [6.45, 7) is 4.15. The fraction of sp³-hybridized carbons (Fsp3) is 0.375. The standard InChI is InChI=1S/C16H21N5OS/c17-15-12-23-16(19-15)20-18-11-13-3-5-14(6-4-13)22-10-9-21-7-1-2-8-21/h3-6,11-12H,1-2,7-10,17H2,(H,19,20). The number of nitrogen functional groups attached to an aromatic ring is 1. The first-order chi connectivity index (χ1) is 11.3. The number of hydrogen-bond acceptors (Lipinski definition) is 7. The Labute approximate surface area is 140 Å². The Morgan fingerprint density at radius 3 is 2.78 bits per heavy atom. The third kappa shape index (κ3) is 4.94. The maximum atomic E-state index is 5.78. The minimum absolute atomic E-state index is 0.503. The topological polar surface area (TPSA) is 75.8 Å². The highest BCUT2D eigenvalue weighted by atomic mass is 32.1. The van der Waals surface area contributed by atoms with Crippen molar-refractivity contribution in [1.29, 1.82) is 0 Å². The number of ether oxygens (including phenoxy) is 1. The van der Waals surface area contributed by atoms with Gasteiger partial charge in [-0.3, -0.25) is 10.3 Å². The summed E-state index contributed by atoms with van der Waals surface area (Å²) in [5.74, 6) is 1.39. The van der Waals surface area contributed by atoms with E-state index in [-0.39, 0.29) is 0 Å². The molecular weight excluding hydrogens is 310 g/mol. The predicted molar refractivity (Wildman–Crippen MR) is 95.4 cm³/mol. The molecule has 0 saturated carbocycles. The van der Waals surface area contributed by atoms with E-state index in [4.69, 9.17) is 10.5 Å². The molecule has 3 N–H and O–H groups in total. The van der Waals surface area contributed by atoms with Gasteiger partial charge in [0.25, 0.3) is 0 Å². The van der Waals surface area contributed by atoms with Gasteiger partial charge in [0.15, 0.2) is 0 Å². The van der Waals surface area contributed by atoms with Gasteiger partial charge >= 0.3 is 0 Å². The van der Waals surface area contributed by atoms with E-state index in [0.29, 0.717) is 10.9 Å². The van der Waals surface area contributed by atoms with Crippen molar-refractivity contribution in [2.75, 3.05) is 37.4 Å². The Kier molecular flexibility index (Phi) is 5.44. The van der Waals surface area contributed by atoms with Crippen LogP contribution in [0.25, 0.3) is 0 Å². The number of nitrogens with two attached hydrogens (primary N) is 1. The van der Waals surface area contributed by atoms with Crippen LogP contribution in [0.5, 0.6) is 5.75 Å². The van der Waals surface area contributed by atoms with E-state index in [1.807, 2.05) is 24.3 Å². The third-order valence-corrected chi connectivity index (χ3v) is 4.42. The molecule has 1 aliphatic heterocycles. The number of hydrogen-bond donors (Lipinski definition) is 2. The summed E-state index contributed by atoms with van der Waals surface area (Å²) in [5, 5.41) is 6.59. The lowest BCUT2D eigenvalue weighted by Crippen LogP contribution is -2.25. The van der Waals surface area contributed by atoms with Crippen LogP contribution in [0.3, 0.4) is 0 Å². The van der Waals surface area contributed by atoms with Crippen molar-refractivity contribution in [2.45, 2.75) is 12.8 Å². The second-order valence-corrected chi connectivity index (χ2v) is 6.27. The molecule has 0 radical (unpaired) electrons. The average Bonchev–Trinajstić information content (AvgIpc) is 3.21. The smallest absolute Gasteiger partial charge is 0.205 e. The van der Waals surface area contributed by atoms with E-state index in [9.17, 15) is 0 Å². The zero-order valence-electron chi connectivity index (χ0n) is 12.9. The molecule has 23 heavy (non-hydrogen) atoms. The molecule has 0 unspecified atom stereocenters. The van der Waals surface area contributed by atoms with Crippen LogP contribution in [0.2, 0.25) is 0 Å². The molecule has 1 saturated heterocycles. The molecule has 2 heterocycles. The van der Waals surface area contributed by atoms with Crippen molar-refractivity contribution in [2.24, 2.45) is 5.10 Å². The summed E-state index contributed by atoms with van der Waals surface area (Å²) >= 11 is 1.42. The van der Waals surface area contributed by atoms with E-state index in [0.717, 1.165) is 24.5 Å². The number of aromatic nitrogens is 1. The van der Waals surface area contributed by atoms with Crippen LogP contribution in [0.4, 0.5) is 10.9 Å². The first-order valence-electron chi connectivity index (χ1n) is 7.75. The summed E-state index contributed by atoms with van der Waals surface area (Å²) in [4.78, 5) is 6.51. The van der Waals surface area contributed by atoms with Crippen molar-refractivity contribution < 1.29 is 4.74 Å². The second-order valence-electron chi connectivity index (χ2n) is 5.41. The molecule has 0 spiro atoms. The number of benzene rings is 1. The number of likely N-dealkylation sites (tertiary alicyclic amines) is 1. The van der Waals surface area contributed by atoms with E-state index >= 15 is 0 Å². The van der Waals surface area contributed by atoms with Crippen LogP contribution in [0.15, 0.2) is 34.7 Å². The van der Waals surface area contributed by atoms with Gasteiger partial charge in [0.05, 0.1) is 6.21 Å². The normalized spacial score (nSPS) is 15.3. The van der Waals surface area contributed by atoms with Gasteiger partial charge in [-0.1, -0.05) is 0 Å². The highest BCUT2D eigenvalue weighted by Gasteiger charge is 2.10. The predicted octanol–water partition coefficient (Wildman–Crippen LogP) is 2.65. The number of nitrogens with one attached hydrogen (secondary N) is 1. The summed E-state index contributed by atoms with van der Waals surface area (Å²) in [5.41, 5.74) is 9.40. The van der Waals surface area contributed by atoms with Gasteiger partial charge in [-0.05, 0) is 55.8 Å². The molecule has 0 bridgehead atoms. The van der Waals surface area contributed by atoms with E-state index in [2.05, 4.69) is 20.4 Å². The van der Waals surface area contributed by atoms with Gasteiger partial charge in [-0.15, -0.1) is 11.3 Å². The fourth-order valence-electron chi connectivity index (χ4n) is 2.45. The molecule has 122 valence electrons. The molecule has 1 aromatic carbocycles. The number of nitrogens with zero attached hydrogens (tertiary/aromatic N) is 3. The van der Waals surface area contributed by atoms with Gasteiger partial charge in [0.1, 0.15) is 18.2 Å². The summed E-state index contributed by atoms with van der Waals surface area (Å²) in [7, 11) is 0. The number of anilines is 2. The van der Waals surface area contributed by atoms with Crippen LogP contribution >= 0.6 is 11.3 Å². The van der Waals surface area contributed by atoms with Gasteiger partial charge < -0.3 is 10.5 Å². The number of rotatable bonds is 7. The van der Waals surface area contributed by atoms with Crippen molar-refractivity contribution in [3.8, 4) is 5.75 Å². The van der Waals surface area contributed by atoms with Crippen molar-refractivity contribution in [1.82, 2.24) is 9.88 Å². The Hall–Kier alpha value is -2.12. The van der Waals surface area contributed by atoms with Crippen LogP contribution in [-0.4, -0.2) is 42.3 Å². The van der Waals surface area contributed by atoms with Gasteiger partial charge in [-0.25, -0.2) is 4.98 Å². The molecule has 7 heteroatoms. The number of thiazole rings is 1. The molecule has 1 aliphatic rings. The highest BCUT2D eigenvalue weighted by molar-refractivity contribution is 7.14. The largest absolute Gasteiger partial charge is 0.492 e. The monoisotopic (exact) mass is 331 g/mol. The average molecular weight is 331 g/mol. The SMILES string of the molecule is Nc1csc(NN=Cc2ccc(OCCN3CCCC3)cc2)n1. The zero-order chi connectivity index (χ0) is 15.9. The van der Waals surface area contributed by atoms with E-state index in [1.165, 1.54) is 37.3 Å². The van der Waals surface area contributed by atoms with Gasteiger partial charge in [0, 0.05) is 11.9 Å². The fourth-order valence-corrected chi connectivity index (χ4v) is 3.00. The maximum absolute atomic E-state index is 5.78.